The van der Waals surface area contributed by atoms with Crippen LogP contribution in [0.2, 0.25) is 0 Å². The van der Waals surface area contributed by atoms with Gasteiger partial charge in [0.2, 0.25) is 10.0 Å². The van der Waals surface area contributed by atoms with E-state index in [0.717, 1.165) is 21.0 Å². The average Bonchev–Trinajstić information content (AvgIpc) is 3.50. The number of esters is 1. The number of amides is 1. The van der Waals surface area contributed by atoms with Crippen molar-refractivity contribution in [3.63, 3.8) is 0 Å². The fraction of sp³-hybridized carbons (Fsp3) is 0.344. The third-order valence-corrected chi connectivity index (χ3v) is 8.59. The minimum atomic E-state index is -4.02. The van der Waals surface area contributed by atoms with Crippen LogP contribution >= 0.6 is 11.3 Å². The number of aromatic nitrogens is 3. The molecule has 0 N–H and O–H groups in total. The highest BCUT2D eigenvalue weighted by Gasteiger charge is 2.30. The molecule has 0 saturated carbocycles. The van der Waals surface area contributed by atoms with Crippen molar-refractivity contribution < 1.29 is 27.5 Å². The Hall–Kier alpha value is -4.20. The van der Waals surface area contributed by atoms with E-state index in [1.54, 1.807) is 72.0 Å². The van der Waals surface area contributed by atoms with Crippen LogP contribution in [0.5, 0.6) is 0 Å². The fourth-order valence-corrected chi connectivity index (χ4v) is 6.15. The Morgan fingerprint density at radius 2 is 1.58 bits per heavy atom. The molecule has 3 heterocycles. The topological polar surface area (TPSA) is 132 Å². The standard InChI is InChI=1S/C32H37N5O6S2/c1-31(2,3)42-28(38)22-37(30(39)43-32(4,5)6)27-11-7-9-25(35-27)21-36(45(40,41)26-10-8-16-33-19-26)20-23-12-14-24(15-13-23)29-34-17-18-44-29/h7-19H,20-22H2,1-6H3. The van der Waals surface area contributed by atoms with Gasteiger partial charge >= 0.3 is 12.1 Å². The molecule has 0 spiro atoms. The van der Waals surface area contributed by atoms with Crippen molar-refractivity contribution in [1.82, 2.24) is 19.3 Å². The summed E-state index contributed by atoms with van der Waals surface area (Å²) >= 11 is 1.52. The normalized spacial score (nSPS) is 12.2. The number of rotatable bonds is 10. The molecule has 1 aromatic carbocycles. The highest BCUT2D eigenvalue weighted by Crippen LogP contribution is 2.25. The number of ether oxygens (including phenoxy) is 2. The summed E-state index contributed by atoms with van der Waals surface area (Å²) < 4.78 is 40.0. The second kappa shape index (κ2) is 13.8. The number of sulfonamides is 1. The van der Waals surface area contributed by atoms with Crippen LogP contribution in [0.1, 0.15) is 52.8 Å². The predicted molar refractivity (Wildman–Crippen MR) is 172 cm³/mol. The number of anilines is 1. The summed E-state index contributed by atoms with van der Waals surface area (Å²) in [6.45, 7) is 9.78. The van der Waals surface area contributed by atoms with Gasteiger partial charge in [-0.3, -0.25) is 14.7 Å². The van der Waals surface area contributed by atoms with E-state index in [-0.39, 0.29) is 23.8 Å². The van der Waals surface area contributed by atoms with Crippen molar-refractivity contribution in [2.24, 2.45) is 0 Å². The zero-order valence-electron chi connectivity index (χ0n) is 26.1. The van der Waals surface area contributed by atoms with E-state index in [1.807, 2.05) is 29.6 Å². The van der Waals surface area contributed by atoms with Gasteiger partial charge in [-0.05, 0) is 71.4 Å². The van der Waals surface area contributed by atoms with Crippen molar-refractivity contribution in [3.05, 3.63) is 89.8 Å². The van der Waals surface area contributed by atoms with E-state index in [9.17, 15) is 18.0 Å². The first kappa shape index (κ1) is 33.7. The number of thiazole rings is 1. The molecule has 1 amide bonds. The van der Waals surface area contributed by atoms with Gasteiger partial charge in [-0.1, -0.05) is 30.3 Å². The highest BCUT2D eigenvalue weighted by atomic mass is 32.2. The van der Waals surface area contributed by atoms with Gasteiger partial charge in [-0.2, -0.15) is 4.31 Å². The number of carbonyl (C=O) groups is 2. The molecule has 3 aromatic heterocycles. The molecule has 0 atom stereocenters. The third-order valence-electron chi connectivity index (χ3n) is 5.99. The average molecular weight is 652 g/mol. The van der Waals surface area contributed by atoms with E-state index in [4.69, 9.17) is 9.47 Å². The largest absolute Gasteiger partial charge is 0.459 e. The van der Waals surface area contributed by atoms with Gasteiger partial charge in [0.15, 0.2) is 0 Å². The van der Waals surface area contributed by atoms with Crippen molar-refractivity contribution in [3.8, 4) is 10.6 Å². The smallest absolute Gasteiger partial charge is 0.416 e. The lowest BCUT2D eigenvalue weighted by Gasteiger charge is -2.28. The monoisotopic (exact) mass is 651 g/mol. The molecule has 0 bridgehead atoms. The molecule has 0 aliphatic heterocycles. The molecule has 13 heteroatoms. The number of pyridine rings is 2. The van der Waals surface area contributed by atoms with Crippen LogP contribution in [0.3, 0.4) is 0 Å². The second-order valence-corrected chi connectivity index (χ2v) is 15.0. The first-order valence-corrected chi connectivity index (χ1v) is 16.5. The summed E-state index contributed by atoms with van der Waals surface area (Å²) in [7, 11) is -4.02. The molecular formula is C32H37N5O6S2. The van der Waals surface area contributed by atoms with Crippen LogP contribution in [0.4, 0.5) is 10.6 Å². The van der Waals surface area contributed by atoms with Crippen molar-refractivity contribution in [2.45, 2.75) is 70.7 Å². The Balaban J connectivity index is 1.66. The van der Waals surface area contributed by atoms with E-state index in [1.165, 1.54) is 34.1 Å². The molecule has 11 nitrogen and oxygen atoms in total. The zero-order chi connectivity index (χ0) is 32.8. The number of hydrogen-bond acceptors (Lipinski definition) is 10. The van der Waals surface area contributed by atoms with Gasteiger partial charge in [0.1, 0.15) is 33.5 Å². The summed E-state index contributed by atoms with van der Waals surface area (Å²) in [5.41, 5.74) is 0.407. The molecule has 0 aliphatic carbocycles. The molecule has 0 unspecified atom stereocenters. The summed E-state index contributed by atoms with van der Waals surface area (Å²) in [6, 6.07) is 15.4. The lowest BCUT2D eigenvalue weighted by molar-refractivity contribution is -0.153. The number of carbonyl (C=O) groups excluding carboxylic acids is 2. The van der Waals surface area contributed by atoms with Crippen LogP contribution in [-0.2, 0) is 37.4 Å². The summed E-state index contributed by atoms with van der Waals surface area (Å²) in [6.07, 6.45) is 3.73. The molecule has 0 radical (unpaired) electrons. The van der Waals surface area contributed by atoms with E-state index >= 15 is 0 Å². The van der Waals surface area contributed by atoms with Gasteiger partial charge in [-0.15, -0.1) is 11.3 Å². The Kier molecular flexibility index (Phi) is 10.4. The van der Waals surface area contributed by atoms with Crippen LogP contribution in [0, 0.1) is 0 Å². The quantitative estimate of drug-likeness (QED) is 0.187. The van der Waals surface area contributed by atoms with Crippen LogP contribution < -0.4 is 4.90 Å². The Morgan fingerprint density at radius 3 is 2.18 bits per heavy atom. The highest BCUT2D eigenvalue weighted by molar-refractivity contribution is 7.89. The van der Waals surface area contributed by atoms with Crippen LogP contribution in [-0.4, -0.2) is 57.5 Å². The van der Waals surface area contributed by atoms with Gasteiger partial charge in [0.05, 0.1) is 12.2 Å². The van der Waals surface area contributed by atoms with Gasteiger partial charge in [-0.25, -0.2) is 23.2 Å². The molecule has 4 rings (SSSR count). The van der Waals surface area contributed by atoms with Crippen molar-refractivity contribution in [2.75, 3.05) is 11.4 Å². The van der Waals surface area contributed by atoms with Gasteiger partial charge < -0.3 is 9.47 Å². The maximum absolute atomic E-state index is 13.9. The maximum atomic E-state index is 13.9. The zero-order valence-corrected chi connectivity index (χ0v) is 27.8. The molecule has 238 valence electrons. The van der Waals surface area contributed by atoms with Crippen LogP contribution in [0.15, 0.2) is 83.5 Å². The summed E-state index contributed by atoms with van der Waals surface area (Å²) in [4.78, 5) is 40.0. The Morgan fingerprint density at radius 1 is 0.867 bits per heavy atom. The first-order chi connectivity index (χ1) is 21.1. The summed E-state index contributed by atoms with van der Waals surface area (Å²) in [5, 5.41) is 2.76. The molecule has 0 saturated heterocycles. The molecule has 45 heavy (non-hydrogen) atoms. The lowest BCUT2D eigenvalue weighted by Crippen LogP contribution is -2.42. The number of hydrogen-bond donors (Lipinski definition) is 0. The Labute approximate surface area is 267 Å². The van der Waals surface area contributed by atoms with Gasteiger partial charge in [0.25, 0.3) is 0 Å². The molecule has 4 aromatic rings. The molecule has 0 aliphatic rings. The van der Waals surface area contributed by atoms with Crippen LogP contribution in [0.25, 0.3) is 10.6 Å². The lowest BCUT2D eigenvalue weighted by atomic mass is 10.1. The summed E-state index contributed by atoms with van der Waals surface area (Å²) in [5.74, 6) is -0.540. The number of benzene rings is 1. The molecular weight excluding hydrogens is 615 g/mol. The third kappa shape index (κ3) is 9.64. The maximum Gasteiger partial charge on any atom is 0.416 e. The predicted octanol–water partition coefficient (Wildman–Crippen LogP) is 6.07. The van der Waals surface area contributed by atoms with Crippen molar-refractivity contribution >= 4 is 39.2 Å². The second-order valence-electron chi connectivity index (χ2n) is 12.1. The number of nitrogens with zero attached hydrogens (tertiary/aromatic N) is 5. The van der Waals surface area contributed by atoms with E-state index < -0.39 is 39.8 Å². The van der Waals surface area contributed by atoms with Crippen molar-refractivity contribution in [1.29, 1.82) is 0 Å². The SMILES string of the molecule is CC(C)(C)OC(=O)CN(C(=O)OC(C)(C)C)c1cccc(CN(Cc2ccc(-c3nccs3)cc2)S(=O)(=O)c2cccnc2)n1. The van der Waals surface area contributed by atoms with E-state index in [0.29, 0.717) is 5.69 Å². The Bertz CT molecular complexity index is 1700. The van der Waals surface area contributed by atoms with E-state index in [2.05, 4.69) is 15.0 Å². The first-order valence-electron chi connectivity index (χ1n) is 14.2. The minimum Gasteiger partial charge on any atom is -0.459 e. The van der Waals surface area contributed by atoms with Gasteiger partial charge in [0, 0.05) is 36.1 Å². The fourth-order valence-electron chi connectivity index (χ4n) is 4.14. The minimum absolute atomic E-state index is 0.0286. The molecule has 0 fully saturated rings.